The van der Waals surface area contributed by atoms with Crippen LogP contribution in [0.15, 0.2) is 47.4 Å². The summed E-state index contributed by atoms with van der Waals surface area (Å²) in [4.78, 5) is 26.9. The van der Waals surface area contributed by atoms with E-state index in [-0.39, 0.29) is 39.4 Å². The second-order valence-corrected chi connectivity index (χ2v) is 9.23. The van der Waals surface area contributed by atoms with Gasteiger partial charge in [-0.05, 0) is 44.2 Å². The number of morpholine rings is 1. The number of carbonyl (C=O) groups is 2. The van der Waals surface area contributed by atoms with Crippen molar-refractivity contribution in [2.75, 3.05) is 38.1 Å². The molecular weight excluding hydrogens is 434 g/mol. The molecule has 0 atom stereocenters. The van der Waals surface area contributed by atoms with Crippen LogP contribution in [-0.2, 0) is 14.8 Å². The summed E-state index contributed by atoms with van der Waals surface area (Å²) in [5, 5.41) is 2.75. The second-order valence-electron chi connectivity index (χ2n) is 7.55. The van der Waals surface area contributed by atoms with Crippen molar-refractivity contribution < 1.29 is 27.5 Å². The number of anilines is 1. The minimum atomic E-state index is -4.09. The van der Waals surface area contributed by atoms with Crippen LogP contribution in [0, 0.1) is 0 Å². The quantitative estimate of drug-likeness (QED) is 0.653. The first-order chi connectivity index (χ1) is 15.2. The Morgan fingerprint density at radius 3 is 2.41 bits per heavy atom. The highest BCUT2D eigenvalue weighted by molar-refractivity contribution is 7.92. The summed E-state index contributed by atoms with van der Waals surface area (Å²) in [7, 11) is -2.67. The van der Waals surface area contributed by atoms with Gasteiger partial charge in [0.1, 0.15) is 5.75 Å². The Morgan fingerprint density at radius 1 is 1.06 bits per heavy atom. The number of methoxy groups -OCH3 is 1. The van der Waals surface area contributed by atoms with Crippen LogP contribution in [0.2, 0.25) is 0 Å². The number of amides is 2. The minimum Gasteiger partial charge on any atom is -0.496 e. The van der Waals surface area contributed by atoms with Crippen molar-refractivity contribution in [1.82, 2.24) is 10.2 Å². The standard InChI is InChI=1S/C22H27N3O6S/c1-15(2)23-21(26)17-6-4-5-7-19(17)24-32(28,29)16-8-9-20(30-3)18(14-16)22(27)25-10-12-31-13-11-25/h4-9,14-15,24H,10-13H2,1-3H3,(H,23,26). The molecule has 2 aromatic rings. The van der Waals surface area contributed by atoms with Gasteiger partial charge in [0, 0.05) is 19.1 Å². The Kier molecular flexibility index (Phi) is 7.37. The summed E-state index contributed by atoms with van der Waals surface area (Å²) in [6, 6.07) is 10.3. The highest BCUT2D eigenvalue weighted by Crippen LogP contribution is 2.26. The highest BCUT2D eigenvalue weighted by atomic mass is 32.2. The van der Waals surface area contributed by atoms with E-state index in [1.54, 1.807) is 17.0 Å². The van der Waals surface area contributed by atoms with E-state index >= 15 is 0 Å². The molecule has 0 saturated carbocycles. The third-order valence-electron chi connectivity index (χ3n) is 4.85. The fraction of sp³-hybridized carbons (Fsp3) is 0.364. The van der Waals surface area contributed by atoms with E-state index in [4.69, 9.17) is 9.47 Å². The van der Waals surface area contributed by atoms with Crippen LogP contribution in [0.4, 0.5) is 5.69 Å². The van der Waals surface area contributed by atoms with Gasteiger partial charge in [0.25, 0.3) is 21.8 Å². The van der Waals surface area contributed by atoms with Crippen LogP contribution in [0.25, 0.3) is 0 Å². The van der Waals surface area contributed by atoms with E-state index in [9.17, 15) is 18.0 Å². The number of ether oxygens (including phenoxy) is 2. The van der Waals surface area contributed by atoms with Gasteiger partial charge in [0.2, 0.25) is 0 Å². The molecule has 3 rings (SSSR count). The smallest absolute Gasteiger partial charge is 0.261 e. The van der Waals surface area contributed by atoms with Gasteiger partial charge >= 0.3 is 0 Å². The average Bonchev–Trinajstić information content (AvgIpc) is 2.78. The molecule has 172 valence electrons. The van der Waals surface area contributed by atoms with E-state index in [2.05, 4.69) is 10.0 Å². The Labute approximate surface area is 187 Å². The number of carbonyl (C=O) groups excluding carboxylic acids is 2. The predicted octanol–water partition coefficient (Wildman–Crippen LogP) is 2.11. The topological polar surface area (TPSA) is 114 Å². The summed E-state index contributed by atoms with van der Waals surface area (Å²) >= 11 is 0. The van der Waals surface area contributed by atoms with Crippen molar-refractivity contribution in [3.8, 4) is 5.75 Å². The van der Waals surface area contributed by atoms with Gasteiger partial charge < -0.3 is 19.7 Å². The third-order valence-corrected chi connectivity index (χ3v) is 6.21. The van der Waals surface area contributed by atoms with Crippen molar-refractivity contribution >= 4 is 27.5 Å². The lowest BCUT2D eigenvalue weighted by atomic mass is 10.1. The van der Waals surface area contributed by atoms with Gasteiger partial charge in [0.15, 0.2) is 0 Å². The summed E-state index contributed by atoms with van der Waals surface area (Å²) in [5.41, 5.74) is 0.480. The number of hydrogen-bond donors (Lipinski definition) is 2. The second kappa shape index (κ2) is 10.0. The maximum absolute atomic E-state index is 13.1. The van der Waals surface area contributed by atoms with E-state index in [1.165, 1.54) is 37.4 Å². The molecule has 2 amide bonds. The van der Waals surface area contributed by atoms with Crippen molar-refractivity contribution in [2.45, 2.75) is 24.8 Å². The molecule has 1 aliphatic rings. The lowest BCUT2D eigenvalue weighted by Gasteiger charge is -2.27. The van der Waals surface area contributed by atoms with Gasteiger partial charge in [-0.2, -0.15) is 0 Å². The fourth-order valence-electron chi connectivity index (χ4n) is 3.27. The monoisotopic (exact) mass is 461 g/mol. The summed E-state index contributed by atoms with van der Waals surface area (Å²) in [5.74, 6) is -0.452. The summed E-state index contributed by atoms with van der Waals surface area (Å²) < 4.78 is 39.3. The van der Waals surface area contributed by atoms with Crippen LogP contribution >= 0.6 is 0 Å². The van der Waals surface area contributed by atoms with Crippen molar-refractivity contribution in [1.29, 1.82) is 0 Å². The van der Waals surface area contributed by atoms with Crippen LogP contribution in [0.3, 0.4) is 0 Å². The average molecular weight is 462 g/mol. The highest BCUT2D eigenvalue weighted by Gasteiger charge is 2.25. The molecule has 0 unspecified atom stereocenters. The summed E-state index contributed by atoms with van der Waals surface area (Å²) in [6.45, 7) is 5.29. The SMILES string of the molecule is COc1ccc(S(=O)(=O)Nc2ccccc2C(=O)NC(C)C)cc1C(=O)N1CCOCC1. The Balaban J connectivity index is 1.93. The number of rotatable bonds is 7. The summed E-state index contributed by atoms with van der Waals surface area (Å²) in [6.07, 6.45) is 0. The van der Waals surface area contributed by atoms with Gasteiger partial charge in [-0.3, -0.25) is 14.3 Å². The molecule has 9 nitrogen and oxygen atoms in total. The predicted molar refractivity (Wildman–Crippen MR) is 120 cm³/mol. The van der Waals surface area contributed by atoms with E-state index in [0.29, 0.717) is 26.3 Å². The molecule has 1 aliphatic heterocycles. The molecule has 0 spiro atoms. The molecule has 1 fully saturated rings. The maximum Gasteiger partial charge on any atom is 0.261 e. The normalized spacial score (nSPS) is 14.2. The van der Waals surface area contributed by atoms with Gasteiger partial charge in [-0.25, -0.2) is 8.42 Å². The molecule has 2 aromatic carbocycles. The van der Waals surface area contributed by atoms with Crippen LogP contribution in [0.5, 0.6) is 5.75 Å². The van der Waals surface area contributed by atoms with Crippen molar-refractivity contribution in [2.24, 2.45) is 0 Å². The minimum absolute atomic E-state index is 0.109. The third kappa shape index (κ3) is 5.38. The zero-order valence-corrected chi connectivity index (χ0v) is 19.1. The number of nitrogens with one attached hydrogen (secondary N) is 2. The Morgan fingerprint density at radius 2 is 1.75 bits per heavy atom. The van der Waals surface area contributed by atoms with Gasteiger partial charge in [-0.15, -0.1) is 0 Å². The van der Waals surface area contributed by atoms with E-state index in [0.717, 1.165) is 0 Å². The first-order valence-electron chi connectivity index (χ1n) is 10.2. The lowest BCUT2D eigenvalue weighted by molar-refractivity contribution is 0.0300. The first-order valence-corrected chi connectivity index (χ1v) is 11.7. The lowest BCUT2D eigenvalue weighted by Crippen LogP contribution is -2.40. The first kappa shape index (κ1) is 23.6. The van der Waals surface area contributed by atoms with Crippen molar-refractivity contribution in [3.63, 3.8) is 0 Å². The molecule has 1 saturated heterocycles. The molecule has 10 heteroatoms. The number of para-hydroxylation sites is 1. The fourth-order valence-corrected chi connectivity index (χ4v) is 4.38. The van der Waals surface area contributed by atoms with Crippen LogP contribution in [0.1, 0.15) is 34.6 Å². The number of sulfonamides is 1. The molecule has 0 bridgehead atoms. The zero-order chi connectivity index (χ0) is 23.3. The molecular formula is C22H27N3O6S. The number of benzene rings is 2. The van der Waals surface area contributed by atoms with Crippen LogP contribution in [-0.4, -0.2) is 64.6 Å². The molecule has 1 heterocycles. The molecule has 2 N–H and O–H groups in total. The van der Waals surface area contributed by atoms with Gasteiger partial charge in [0.05, 0.1) is 42.0 Å². The zero-order valence-electron chi connectivity index (χ0n) is 18.3. The van der Waals surface area contributed by atoms with Gasteiger partial charge in [-0.1, -0.05) is 12.1 Å². The van der Waals surface area contributed by atoms with Crippen LogP contribution < -0.4 is 14.8 Å². The van der Waals surface area contributed by atoms with Crippen molar-refractivity contribution in [3.05, 3.63) is 53.6 Å². The Bertz CT molecular complexity index is 1090. The molecule has 32 heavy (non-hydrogen) atoms. The number of nitrogens with zero attached hydrogens (tertiary/aromatic N) is 1. The molecule has 0 radical (unpaired) electrons. The number of hydrogen-bond acceptors (Lipinski definition) is 6. The van der Waals surface area contributed by atoms with E-state index in [1.807, 2.05) is 13.8 Å². The maximum atomic E-state index is 13.1. The van der Waals surface area contributed by atoms with E-state index < -0.39 is 15.9 Å². The largest absolute Gasteiger partial charge is 0.496 e. The molecule has 0 aromatic heterocycles. The Hall–Kier alpha value is -3.11. The molecule has 0 aliphatic carbocycles.